The highest BCUT2D eigenvalue weighted by molar-refractivity contribution is 6.03. The van der Waals surface area contributed by atoms with E-state index in [1.165, 1.54) is 23.2 Å². The van der Waals surface area contributed by atoms with Crippen molar-refractivity contribution in [3.05, 3.63) is 47.3 Å². The average Bonchev–Trinajstić information content (AvgIpc) is 2.92. The standard InChI is InChI=1S/C22H26F3N3O2/c1-13(2)10-21(3,26)12-30-18-6-5-14(9-16(18)22(23,24)25)15-7-8-27-17-11-28(4)20(29)19(15)17/h5-9,13H,10-12,26H2,1-4H3/t21-/m0/s1. The zero-order chi connectivity index (χ0) is 22.3. The summed E-state index contributed by atoms with van der Waals surface area (Å²) in [5, 5.41) is 0. The first-order chi connectivity index (χ1) is 13.9. The van der Waals surface area contributed by atoms with Crippen LogP contribution in [0.2, 0.25) is 0 Å². The molecule has 0 spiro atoms. The van der Waals surface area contributed by atoms with Crippen LogP contribution in [0.5, 0.6) is 5.75 Å². The Hall–Kier alpha value is -2.61. The first-order valence-electron chi connectivity index (χ1n) is 9.76. The van der Waals surface area contributed by atoms with Crippen LogP contribution in [0.15, 0.2) is 30.5 Å². The highest BCUT2D eigenvalue weighted by Crippen LogP contribution is 2.40. The fraction of sp³-hybridized carbons (Fsp3) is 0.455. The van der Waals surface area contributed by atoms with Gasteiger partial charge in [0.05, 0.1) is 23.4 Å². The molecular weight excluding hydrogens is 395 g/mol. The maximum Gasteiger partial charge on any atom is 0.419 e. The van der Waals surface area contributed by atoms with Crippen LogP contribution in [0, 0.1) is 5.92 Å². The van der Waals surface area contributed by atoms with Gasteiger partial charge in [0.1, 0.15) is 12.4 Å². The molecule has 1 amide bonds. The largest absolute Gasteiger partial charge is 0.491 e. The lowest BCUT2D eigenvalue weighted by Crippen LogP contribution is -2.43. The van der Waals surface area contributed by atoms with Crippen LogP contribution in [0.3, 0.4) is 0 Å². The summed E-state index contributed by atoms with van der Waals surface area (Å²) in [4.78, 5) is 18.1. The number of nitrogens with two attached hydrogens (primary N) is 1. The van der Waals surface area contributed by atoms with Gasteiger partial charge in [-0.25, -0.2) is 0 Å². The van der Waals surface area contributed by atoms with E-state index in [1.54, 1.807) is 20.0 Å². The van der Waals surface area contributed by atoms with Gasteiger partial charge in [0, 0.05) is 18.8 Å². The predicted molar refractivity (Wildman–Crippen MR) is 108 cm³/mol. The summed E-state index contributed by atoms with van der Waals surface area (Å²) in [6.45, 7) is 6.04. The number of fused-ring (bicyclic) bond motifs is 1. The Labute approximate surface area is 174 Å². The molecule has 0 saturated carbocycles. The number of aromatic nitrogens is 1. The normalized spacial score (nSPS) is 16.0. The Balaban J connectivity index is 1.98. The smallest absolute Gasteiger partial charge is 0.419 e. The van der Waals surface area contributed by atoms with E-state index in [9.17, 15) is 18.0 Å². The lowest BCUT2D eigenvalue weighted by Gasteiger charge is -2.27. The number of benzene rings is 1. The van der Waals surface area contributed by atoms with E-state index in [-0.39, 0.29) is 29.7 Å². The Bertz CT molecular complexity index is 955. The first kappa shape index (κ1) is 22.1. The lowest BCUT2D eigenvalue weighted by atomic mass is 9.92. The molecule has 1 aromatic heterocycles. The van der Waals surface area contributed by atoms with Gasteiger partial charge in [0.2, 0.25) is 0 Å². The minimum atomic E-state index is -4.62. The van der Waals surface area contributed by atoms with Gasteiger partial charge < -0.3 is 15.4 Å². The second kappa shape index (κ2) is 7.91. The fourth-order valence-electron chi connectivity index (χ4n) is 3.87. The van der Waals surface area contributed by atoms with Crippen LogP contribution in [0.25, 0.3) is 11.1 Å². The molecule has 0 saturated heterocycles. The molecule has 2 aromatic rings. The summed E-state index contributed by atoms with van der Waals surface area (Å²) in [6, 6.07) is 5.40. The molecular formula is C22H26F3N3O2. The highest BCUT2D eigenvalue weighted by atomic mass is 19.4. The monoisotopic (exact) mass is 421 g/mol. The molecule has 0 aliphatic carbocycles. The third kappa shape index (κ3) is 4.59. The molecule has 30 heavy (non-hydrogen) atoms. The van der Waals surface area contributed by atoms with E-state index in [2.05, 4.69) is 4.98 Å². The predicted octanol–water partition coefficient (Wildman–Crippen LogP) is 4.50. The van der Waals surface area contributed by atoms with Crippen molar-refractivity contribution in [1.82, 2.24) is 9.88 Å². The molecule has 5 nitrogen and oxygen atoms in total. The number of rotatable bonds is 6. The van der Waals surface area contributed by atoms with Gasteiger partial charge >= 0.3 is 6.18 Å². The van der Waals surface area contributed by atoms with Crippen molar-refractivity contribution in [3.63, 3.8) is 0 Å². The van der Waals surface area contributed by atoms with Crippen LogP contribution in [0.1, 0.15) is 48.8 Å². The summed E-state index contributed by atoms with van der Waals surface area (Å²) >= 11 is 0. The molecule has 1 aliphatic rings. The number of ether oxygens (including phenoxy) is 1. The summed E-state index contributed by atoms with van der Waals surface area (Å²) in [7, 11) is 1.63. The maximum atomic E-state index is 13.8. The number of carbonyl (C=O) groups excluding carboxylic acids is 1. The number of alkyl halides is 3. The number of amides is 1. The van der Waals surface area contributed by atoms with Crippen molar-refractivity contribution >= 4 is 5.91 Å². The van der Waals surface area contributed by atoms with Gasteiger partial charge in [0.25, 0.3) is 5.91 Å². The average molecular weight is 421 g/mol. The van der Waals surface area contributed by atoms with Gasteiger partial charge in [-0.2, -0.15) is 13.2 Å². The van der Waals surface area contributed by atoms with Crippen LogP contribution in [-0.2, 0) is 12.7 Å². The van der Waals surface area contributed by atoms with Crippen LogP contribution in [-0.4, -0.2) is 35.0 Å². The molecule has 0 radical (unpaired) electrons. The zero-order valence-electron chi connectivity index (χ0n) is 17.5. The van der Waals surface area contributed by atoms with Crippen LogP contribution < -0.4 is 10.5 Å². The number of carbonyl (C=O) groups is 1. The molecule has 1 aliphatic heterocycles. The van der Waals surface area contributed by atoms with E-state index in [1.807, 2.05) is 13.8 Å². The van der Waals surface area contributed by atoms with Crippen molar-refractivity contribution in [2.24, 2.45) is 11.7 Å². The van der Waals surface area contributed by atoms with E-state index >= 15 is 0 Å². The molecule has 2 heterocycles. The molecule has 1 aromatic carbocycles. The number of nitrogens with zero attached hydrogens (tertiary/aromatic N) is 2. The Morgan fingerprint density at radius 3 is 2.60 bits per heavy atom. The van der Waals surface area contributed by atoms with E-state index in [0.717, 1.165) is 6.07 Å². The Morgan fingerprint density at radius 2 is 1.97 bits per heavy atom. The molecule has 0 bridgehead atoms. The topological polar surface area (TPSA) is 68.5 Å². The number of halogens is 3. The van der Waals surface area contributed by atoms with Gasteiger partial charge in [-0.1, -0.05) is 19.9 Å². The van der Waals surface area contributed by atoms with Crippen LogP contribution >= 0.6 is 0 Å². The molecule has 0 fully saturated rings. The molecule has 0 unspecified atom stereocenters. The first-order valence-corrected chi connectivity index (χ1v) is 9.76. The van der Waals surface area contributed by atoms with Crippen LogP contribution in [0.4, 0.5) is 13.2 Å². The van der Waals surface area contributed by atoms with Gasteiger partial charge in [-0.15, -0.1) is 0 Å². The number of pyridine rings is 1. The molecule has 162 valence electrons. The fourth-order valence-corrected chi connectivity index (χ4v) is 3.87. The Morgan fingerprint density at radius 1 is 1.27 bits per heavy atom. The van der Waals surface area contributed by atoms with Crippen molar-refractivity contribution in [1.29, 1.82) is 0 Å². The molecule has 3 rings (SSSR count). The SMILES string of the molecule is CC(C)C[C@](C)(N)COc1ccc(-c2ccnc3c2C(=O)N(C)C3)cc1C(F)(F)F. The Kier molecular flexibility index (Phi) is 5.82. The second-order valence-electron chi connectivity index (χ2n) is 8.59. The summed E-state index contributed by atoms with van der Waals surface area (Å²) < 4.78 is 46.9. The van der Waals surface area contributed by atoms with Crippen molar-refractivity contribution in [2.75, 3.05) is 13.7 Å². The minimum Gasteiger partial charge on any atom is -0.491 e. The third-order valence-electron chi connectivity index (χ3n) is 5.00. The summed E-state index contributed by atoms with van der Waals surface area (Å²) in [5.74, 6) is -0.243. The van der Waals surface area contributed by atoms with Crippen molar-refractivity contribution in [2.45, 2.75) is 45.5 Å². The van der Waals surface area contributed by atoms with E-state index in [0.29, 0.717) is 29.8 Å². The van der Waals surface area contributed by atoms with E-state index < -0.39 is 17.3 Å². The van der Waals surface area contributed by atoms with E-state index in [4.69, 9.17) is 10.5 Å². The van der Waals surface area contributed by atoms with Gasteiger partial charge in [-0.05, 0) is 48.6 Å². The third-order valence-corrected chi connectivity index (χ3v) is 5.00. The molecule has 2 N–H and O–H groups in total. The summed E-state index contributed by atoms with van der Waals surface area (Å²) in [6.07, 6.45) is -2.50. The zero-order valence-corrected chi connectivity index (χ0v) is 17.5. The van der Waals surface area contributed by atoms with Crippen molar-refractivity contribution in [3.8, 4) is 16.9 Å². The van der Waals surface area contributed by atoms with Gasteiger partial charge in [0.15, 0.2) is 0 Å². The maximum absolute atomic E-state index is 13.8. The lowest BCUT2D eigenvalue weighted by molar-refractivity contribution is -0.139. The quantitative estimate of drug-likeness (QED) is 0.746. The second-order valence-corrected chi connectivity index (χ2v) is 8.59. The minimum absolute atomic E-state index is 0.0401. The summed E-state index contributed by atoms with van der Waals surface area (Å²) in [5.41, 5.74) is 6.14. The highest BCUT2D eigenvalue weighted by Gasteiger charge is 2.36. The number of hydrogen-bond acceptors (Lipinski definition) is 4. The molecule has 8 heteroatoms. The molecule has 1 atom stereocenters. The number of hydrogen-bond donors (Lipinski definition) is 1. The van der Waals surface area contributed by atoms with Gasteiger partial charge in [-0.3, -0.25) is 9.78 Å². The van der Waals surface area contributed by atoms with Crippen molar-refractivity contribution < 1.29 is 22.7 Å².